The van der Waals surface area contributed by atoms with Crippen LogP contribution in [0.5, 0.6) is 0 Å². The summed E-state index contributed by atoms with van der Waals surface area (Å²) < 4.78 is 8.47. The monoisotopic (exact) mass is 455 g/mol. The first kappa shape index (κ1) is 22.0. The normalized spacial score (nSPS) is 12.2. The summed E-state index contributed by atoms with van der Waals surface area (Å²) in [5, 5.41) is 0. The number of nitrogens with zero attached hydrogens (tertiary/aromatic N) is 3. The van der Waals surface area contributed by atoms with Gasteiger partial charge in [-0.2, -0.15) is 0 Å². The molecule has 1 aliphatic rings. The molecular formula is C28H29N3OS. The van der Waals surface area contributed by atoms with Crippen LogP contribution in [0.4, 0.5) is 0 Å². The maximum atomic E-state index is 6.08. The van der Waals surface area contributed by atoms with Gasteiger partial charge in [0.2, 0.25) is 0 Å². The predicted molar refractivity (Wildman–Crippen MR) is 136 cm³/mol. The van der Waals surface area contributed by atoms with Crippen molar-refractivity contribution in [2.45, 2.75) is 29.4 Å². The number of aryl methyl sites for hydroxylation is 1. The van der Waals surface area contributed by atoms with Crippen LogP contribution >= 0.6 is 11.8 Å². The van der Waals surface area contributed by atoms with Crippen LogP contribution in [0, 0.1) is 0 Å². The van der Waals surface area contributed by atoms with Crippen LogP contribution in [0.15, 0.2) is 88.7 Å². The first-order valence-electron chi connectivity index (χ1n) is 11.4. The predicted octanol–water partition coefficient (Wildman–Crippen LogP) is 6.00. The highest BCUT2D eigenvalue weighted by molar-refractivity contribution is 7.99. The topological polar surface area (TPSA) is 30.3 Å². The molecule has 5 rings (SSSR count). The van der Waals surface area contributed by atoms with Crippen molar-refractivity contribution in [3.8, 4) is 22.5 Å². The number of ether oxygens (including phenoxy) is 1. The molecule has 0 bridgehead atoms. The molecule has 0 atom stereocenters. The van der Waals surface area contributed by atoms with Crippen molar-refractivity contribution in [2.24, 2.45) is 0 Å². The molecule has 1 aliphatic heterocycles. The van der Waals surface area contributed by atoms with Crippen molar-refractivity contribution >= 4 is 11.8 Å². The van der Waals surface area contributed by atoms with E-state index in [1.165, 1.54) is 32.2 Å². The number of likely N-dealkylation sites (N-methyl/N-ethyl adjacent to an activating group) is 1. The minimum absolute atomic E-state index is 0.507. The lowest BCUT2D eigenvalue weighted by molar-refractivity contribution is 0.0985. The fourth-order valence-corrected chi connectivity index (χ4v) is 5.31. The number of hydrogen-bond acceptors (Lipinski definition) is 4. The van der Waals surface area contributed by atoms with Gasteiger partial charge in [0.05, 0.1) is 18.0 Å². The highest BCUT2D eigenvalue weighted by atomic mass is 32.2. The van der Waals surface area contributed by atoms with Crippen molar-refractivity contribution in [1.29, 1.82) is 0 Å². The van der Waals surface area contributed by atoms with Gasteiger partial charge in [-0.25, -0.2) is 4.98 Å². The minimum atomic E-state index is 0.507. The molecular weight excluding hydrogens is 426 g/mol. The lowest BCUT2D eigenvalue weighted by Crippen LogP contribution is -2.18. The Morgan fingerprint density at radius 1 is 0.848 bits per heavy atom. The molecule has 0 amide bonds. The van der Waals surface area contributed by atoms with E-state index in [-0.39, 0.29) is 0 Å². The highest BCUT2D eigenvalue weighted by Crippen LogP contribution is 2.47. The SMILES string of the molecule is CN(C)CCOCc1nc2c(n1CCc1ccccc1)-c1ccccc1Sc1ccccc1-2. The van der Waals surface area contributed by atoms with Crippen LogP contribution in [-0.4, -0.2) is 41.7 Å². The Bertz CT molecular complexity index is 1230. The van der Waals surface area contributed by atoms with Crippen LogP contribution in [0.2, 0.25) is 0 Å². The van der Waals surface area contributed by atoms with E-state index in [9.17, 15) is 0 Å². The molecule has 4 nitrogen and oxygen atoms in total. The maximum absolute atomic E-state index is 6.08. The molecule has 0 unspecified atom stereocenters. The quantitative estimate of drug-likeness (QED) is 0.268. The Kier molecular flexibility index (Phi) is 6.63. The third-order valence-corrected chi connectivity index (χ3v) is 7.08. The van der Waals surface area contributed by atoms with E-state index in [0.717, 1.165) is 31.0 Å². The van der Waals surface area contributed by atoms with Crippen LogP contribution in [0.3, 0.4) is 0 Å². The molecule has 0 saturated heterocycles. The summed E-state index contributed by atoms with van der Waals surface area (Å²) in [6.45, 7) is 2.95. The first-order chi connectivity index (χ1) is 16.2. The Morgan fingerprint density at radius 3 is 2.27 bits per heavy atom. The Labute approximate surface area is 200 Å². The molecule has 0 radical (unpaired) electrons. The summed E-state index contributed by atoms with van der Waals surface area (Å²) in [6, 6.07) is 28.0. The van der Waals surface area contributed by atoms with E-state index in [1.54, 1.807) is 0 Å². The van der Waals surface area contributed by atoms with E-state index in [4.69, 9.17) is 9.72 Å². The van der Waals surface area contributed by atoms with Gasteiger partial charge in [0.25, 0.3) is 0 Å². The van der Waals surface area contributed by atoms with Gasteiger partial charge in [0, 0.05) is 34.0 Å². The Balaban J connectivity index is 1.59. The van der Waals surface area contributed by atoms with E-state index >= 15 is 0 Å². The largest absolute Gasteiger partial charge is 0.372 e. The highest BCUT2D eigenvalue weighted by Gasteiger charge is 2.26. The number of fused-ring (bicyclic) bond motifs is 5. The molecule has 0 spiro atoms. The molecule has 1 aromatic heterocycles. The van der Waals surface area contributed by atoms with Gasteiger partial charge < -0.3 is 14.2 Å². The lowest BCUT2D eigenvalue weighted by Gasteiger charge is -2.15. The summed E-state index contributed by atoms with van der Waals surface area (Å²) in [6.07, 6.45) is 0.950. The lowest BCUT2D eigenvalue weighted by atomic mass is 10.0. The molecule has 3 aromatic carbocycles. The zero-order valence-electron chi connectivity index (χ0n) is 19.2. The third kappa shape index (κ3) is 4.76. The second kappa shape index (κ2) is 9.96. The number of hydrogen-bond donors (Lipinski definition) is 0. The van der Waals surface area contributed by atoms with Gasteiger partial charge in [0.15, 0.2) is 0 Å². The number of benzene rings is 3. The zero-order chi connectivity index (χ0) is 22.6. The Hall–Kier alpha value is -2.86. The van der Waals surface area contributed by atoms with Crippen LogP contribution < -0.4 is 0 Å². The van der Waals surface area contributed by atoms with Crippen LogP contribution in [-0.2, 0) is 24.3 Å². The molecule has 0 N–H and O–H groups in total. The summed E-state index contributed by atoms with van der Waals surface area (Å²) in [4.78, 5) is 9.85. The van der Waals surface area contributed by atoms with Crippen molar-refractivity contribution in [1.82, 2.24) is 14.5 Å². The molecule has 0 fully saturated rings. The summed E-state index contributed by atoms with van der Waals surface area (Å²) in [5.41, 5.74) is 6.03. The van der Waals surface area contributed by atoms with Crippen LogP contribution in [0.1, 0.15) is 11.4 Å². The molecule has 33 heavy (non-hydrogen) atoms. The van der Waals surface area contributed by atoms with E-state index in [0.29, 0.717) is 13.2 Å². The summed E-state index contributed by atoms with van der Waals surface area (Å²) in [5.74, 6) is 0.992. The maximum Gasteiger partial charge on any atom is 0.136 e. The van der Waals surface area contributed by atoms with Gasteiger partial charge in [-0.15, -0.1) is 0 Å². The molecule has 168 valence electrons. The van der Waals surface area contributed by atoms with Gasteiger partial charge in [0.1, 0.15) is 12.4 Å². The standard InChI is InChI=1S/C28H29N3OS/c1-30(2)18-19-32-20-26-29-27-22-12-6-8-14-24(22)33-25-15-9-7-13-23(25)28(27)31(26)17-16-21-10-4-3-5-11-21/h3-15H,16-20H2,1-2H3. The van der Waals surface area contributed by atoms with Gasteiger partial charge >= 0.3 is 0 Å². The number of aromatic nitrogens is 2. The smallest absolute Gasteiger partial charge is 0.136 e. The average molecular weight is 456 g/mol. The molecule has 2 heterocycles. The molecule has 5 heteroatoms. The van der Waals surface area contributed by atoms with Crippen LogP contribution in [0.25, 0.3) is 22.5 Å². The molecule has 0 saturated carbocycles. The third-order valence-electron chi connectivity index (χ3n) is 5.93. The number of imidazole rings is 1. The summed E-state index contributed by atoms with van der Waals surface area (Å²) in [7, 11) is 4.13. The fourth-order valence-electron chi connectivity index (χ4n) is 4.23. The van der Waals surface area contributed by atoms with E-state index < -0.39 is 0 Å². The van der Waals surface area contributed by atoms with Crippen molar-refractivity contribution in [3.05, 3.63) is 90.3 Å². The average Bonchev–Trinajstić information content (AvgIpc) is 3.13. The minimum Gasteiger partial charge on any atom is -0.372 e. The van der Waals surface area contributed by atoms with Gasteiger partial charge in [-0.1, -0.05) is 78.5 Å². The van der Waals surface area contributed by atoms with Gasteiger partial charge in [-0.05, 0) is 38.2 Å². The van der Waals surface area contributed by atoms with E-state index in [1.807, 2.05) is 11.8 Å². The first-order valence-corrected chi connectivity index (χ1v) is 12.2. The fraction of sp³-hybridized carbons (Fsp3) is 0.250. The Morgan fingerprint density at radius 2 is 1.52 bits per heavy atom. The van der Waals surface area contributed by atoms with Crippen molar-refractivity contribution in [3.63, 3.8) is 0 Å². The molecule has 0 aliphatic carbocycles. The summed E-state index contributed by atoms with van der Waals surface area (Å²) >= 11 is 1.83. The number of rotatable bonds is 8. The van der Waals surface area contributed by atoms with Crippen molar-refractivity contribution in [2.75, 3.05) is 27.2 Å². The second-order valence-corrected chi connectivity index (χ2v) is 9.65. The van der Waals surface area contributed by atoms with Gasteiger partial charge in [-0.3, -0.25) is 0 Å². The van der Waals surface area contributed by atoms with Crippen molar-refractivity contribution < 1.29 is 4.74 Å². The zero-order valence-corrected chi connectivity index (χ0v) is 20.0. The van der Waals surface area contributed by atoms with E-state index in [2.05, 4.69) is 102 Å². The second-order valence-electron chi connectivity index (χ2n) is 8.56. The molecule has 4 aromatic rings.